The van der Waals surface area contributed by atoms with Crippen molar-refractivity contribution in [3.8, 4) is 28.6 Å². The maximum atomic E-state index is 6.23. The molecule has 116 valence electrons. The van der Waals surface area contributed by atoms with E-state index >= 15 is 0 Å². The van der Waals surface area contributed by atoms with Gasteiger partial charge in [-0.25, -0.2) is 9.67 Å². The van der Waals surface area contributed by atoms with Gasteiger partial charge < -0.3 is 15.2 Å². The number of rotatable bonds is 2. The van der Waals surface area contributed by atoms with E-state index < -0.39 is 0 Å². The molecule has 0 bridgehead atoms. The summed E-state index contributed by atoms with van der Waals surface area (Å²) in [7, 11) is 0. The van der Waals surface area contributed by atoms with Crippen LogP contribution in [0, 0.1) is 6.92 Å². The summed E-state index contributed by atoms with van der Waals surface area (Å²) < 4.78 is 12.8. The zero-order valence-electron chi connectivity index (χ0n) is 12.7. The first kappa shape index (κ1) is 13.6. The zero-order chi connectivity index (χ0) is 15.8. The van der Waals surface area contributed by atoms with E-state index in [0.717, 1.165) is 22.5 Å². The van der Waals surface area contributed by atoms with Crippen molar-refractivity contribution in [1.82, 2.24) is 14.8 Å². The summed E-state index contributed by atoms with van der Waals surface area (Å²) >= 11 is 0. The molecule has 1 aliphatic rings. The number of nitrogen functional groups attached to an aromatic ring is 1. The van der Waals surface area contributed by atoms with Crippen molar-refractivity contribution in [2.24, 2.45) is 0 Å². The third kappa shape index (κ3) is 2.28. The van der Waals surface area contributed by atoms with Crippen molar-refractivity contribution in [2.45, 2.75) is 6.92 Å². The number of hydrogen-bond donors (Lipinski definition) is 1. The van der Waals surface area contributed by atoms with Crippen LogP contribution in [0.3, 0.4) is 0 Å². The lowest BCUT2D eigenvalue weighted by molar-refractivity contribution is 0.164. The number of hydrogen-bond acceptors (Lipinski definition) is 5. The first-order chi connectivity index (χ1) is 11.2. The van der Waals surface area contributed by atoms with Crippen molar-refractivity contribution in [1.29, 1.82) is 0 Å². The molecule has 0 saturated carbocycles. The summed E-state index contributed by atoms with van der Waals surface area (Å²) in [5.74, 6) is 1.77. The van der Waals surface area contributed by atoms with E-state index in [-0.39, 0.29) is 0 Å². The van der Waals surface area contributed by atoms with E-state index in [2.05, 4.69) is 10.1 Å². The maximum absolute atomic E-state index is 6.23. The molecule has 3 aromatic rings. The Hall–Kier alpha value is -3.02. The second-order valence-electron chi connectivity index (χ2n) is 5.33. The number of benzene rings is 1. The van der Waals surface area contributed by atoms with Crippen LogP contribution in [0.2, 0.25) is 0 Å². The van der Waals surface area contributed by atoms with Gasteiger partial charge in [0, 0.05) is 17.3 Å². The molecule has 0 saturated heterocycles. The zero-order valence-corrected chi connectivity index (χ0v) is 12.7. The van der Waals surface area contributed by atoms with Gasteiger partial charge >= 0.3 is 0 Å². The Morgan fingerprint density at radius 1 is 1.13 bits per heavy atom. The lowest BCUT2D eigenvalue weighted by Gasteiger charge is -2.17. The number of pyridine rings is 1. The number of para-hydroxylation sites is 1. The molecule has 0 unspecified atom stereocenters. The standard InChI is InChI=1S/C17H16N4O2/c1-11-15(12-9-14-17(19-10-12)23-8-7-22-14)20-21(16(11)18)13-5-3-2-4-6-13/h2-6,9-10H,7-8,18H2,1H3. The monoisotopic (exact) mass is 308 g/mol. The Morgan fingerprint density at radius 2 is 1.91 bits per heavy atom. The first-order valence-electron chi connectivity index (χ1n) is 7.40. The predicted molar refractivity (Wildman–Crippen MR) is 86.9 cm³/mol. The molecule has 4 rings (SSSR count). The molecule has 6 nitrogen and oxygen atoms in total. The first-order valence-corrected chi connectivity index (χ1v) is 7.40. The van der Waals surface area contributed by atoms with Gasteiger partial charge in [0.25, 0.3) is 5.88 Å². The van der Waals surface area contributed by atoms with Gasteiger partial charge in [-0.15, -0.1) is 0 Å². The molecular formula is C17H16N4O2. The van der Waals surface area contributed by atoms with E-state index in [1.54, 1.807) is 10.9 Å². The number of aromatic nitrogens is 3. The van der Waals surface area contributed by atoms with Crippen LogP contribution in [0.15, 0.2) is 42.6 Å². The van der Waals surface area contributed by atoms with E-state index in [9.17, 15) is 0 Å². The van der Waals surface area contributed by atoms with Gasteiger partial charge in [-0.1, -0.05) is 18.2 Å². The molecule has 0 atom stereocenters. The fraction of sp³-hybridized carbons (Fsp3) is 0.176. The quantitative estimate of drug-likeness (QED) is 0.787. The van der Waals surface area contributed by atoms with Crippen LogP contribution in [0.4, 0.5) is 5.82 Å². The van der Waals surface area contributed by atoms with Crippen LogP contribution >= 0.6 is 0 Å². The third-order valence-corrected chi connectivity index (χ3v) is 3.84. The predicted octanol–water partition coefficient (Wildman–Crippen LogP) is 2.60. The van der Waals surface area contributed by atoms with Crippen molar-refractivity contribution in [3.63, 3.8) is 0 Å². The minimum absolute atomic E-state index is 0.521. The summed E-state index contributed by atoms with van der Waals surface area (Å²) in [6.45, 7) is 3.00. The molecule has 1 aromatic carbocycles. The molecule has 3 heterocycles. The Labute approximate surface area is 133 Å². The van der Waals surface area contributed by atoms with Crippen LogP contribution in [0.5, 0.6) is 11.6 Å². The van der Waals surface area contributed by atoms with Crippen molar-refractivity contribution in [2.75, 3.05) is 18.9 Å². The second-order valence-corrected chi connectivity index (χ2v) is 5.33. The van der Waals surface area contributed by atoms with Gasteiger partial charge in [-0.05, 0) is 25.1 Å². The number of anilines is 1. The highest BCUT2D eigenvalue weighted by Gasteiger charge is 2.19. The van der Waals surface area contributed by atoms with Crippen LogP contribution < -0.4 is 15.2 Å². The van der Waals surface area contributed by atoms with Crippen molar-refractivity contribution in [3.05, 3.63) is 48.2 Å². The van der Waals surface area contributed by atoms with Crippen molar-refractivity contribution < 1.29 is 9.47 Å². The fourth-order valence-corrected chi connectivity index (χ4v) is 2.61. The van der Waals surface area contributed by atoms with Crippen LogP contribution in [-0.2, 0) is 0 Å². The Balaban J connectivity index is 1.81. The average Bonchev–Trinajstić information content (AvgIpc) is 2.91. The third-order valence-electron chi connectivity index (χ3n) is 3.84. The Kier molecular flexibility index (Phi) is 3.15. The fourth-order valence-electron chi connectivity index (χ4n) is 2.61. The maximum Gasteiger partial charge on any atom is 0.257 e. The topological polar surface area (TPSA) is 75.2 Å². The normalized spacial score (nSPS) is 13.1. The summed E-state index contributed by atoms with van der Waals surface area (Å²) in [5, 5.41) is 4.65. The summed E-state index contributed by atoms with van der Waals surface area (Å²) in [4.78, 5) is 4.31. The summed E-state index contributed by atoms with van der Waals surface area (Å²) in [5.41, 5.74) is 9.71. The molecule has 6 heteroatoms. The van der Waals surface area contributed by atoms with Gasteiger partial charge in [-0.2, -0.15) is 5.10 Å². The average molecular weight is 308 g/mol. The van der Waals surface area contributed by atoms with Gasteiger partial charge in [0.1, 0.15) is 19.0 Å². The molecular weight excluding hydrogens is 292 g/mol. The smallest absolute Gasteiger partial charge is 0.257 e. The minimum Gasteiger partial charge on any atom is -0.484 e. The highest BCUT2D eigenvalue weighted by Crippen LogP contribution is 2.34. The van der Waals surface area contributed by atoms with Crippen LogP contribution in [0.1, 0.15) is 5.56 Å². The SMILES string of the molecule is Cc1c(-c2cnc3c(c2)OCCO3)nn(-c2ccccc2)c1N. The Morgan fingerprint density at radius 3 is 2.74 bits per heavy atom. The van der Waals surface area contributed by atoms with E-state index in [4.69, 9.17) is 15.2 Å². The van der Waals surface area contributed by atoms with Crippen LogP contribution in [0.25, 0.3) is 16.9 Å². The number of fused-ring (bicyclic) bond motifs is 1. The lowest BCUT2D eigenvalue weighted by atomic mass is 10.1. The molecule has 0 aliphatic carbocycles. The second kappa shape index (κ2) is 5.31. The van der Waals surface area contributed by atoms with Gasteiger partial charge in [0.05, 0.1) is 11.4 Å². The summed E-state index contributed by atoms with van der Waals surface area (Å²) in [6.07, 6.45) is 1.73. The number of ether oxygens (including phenoxy) is 2. The highest BCUT2D eigenvalue weighted by molar-refractivity contribution is 5.70. The van der Waals surface area contributed by atoms with E-state index in [1.807, 2.05) is 43.3 Å². The molecule has 2 N–H and O–H groups in total. The molecule has 0 radical (unpaired) electrons. The molecule has 23 heavy (non-hydrogen) atoms. The molecule has 0 spiro atoms. The molecule has 1 aliphatic heterocycles. The van der Waals surface area contributed by atoms with Gasteiger partial charge in [-0.3, -0.25) is 0 Å². The lowest BCUT2D eigenvalue weighted by Crippen LogP contribution is -2.16. The van der Waals surface area contributed by atoms with E-state index in [0.29, 0.717) is 30.7 Å². The minimum atomic E-state index is 0.521. The van der Waals surface area contributed by atoms with Crippen LogP contribution in [-0.4, -0.2) is 28.0 Å². The molecule has 2 aromatic heterocycles. The highest BCUT2D eigenvalue weighted by atomic mass is 16.6. The number of nitrogens with zero attached hydrogens (tertiary/aromatic N) is 3. The molecule has 0 amide bonds. The van der Waals surface area contributed by atoms with Gasteiger partial charge in [0.15, 0.2) is 5.75 Å². The van der Waals surface area contributed by atoms with Gasteiger partial charge in [0.2, 0.25) is 0 Å². The largest absolute Gasteiger partial charge is 0.484 e. The number of nitrogens with two attached hydrogens (primary N) is 1. The molecule has 0 fully saturated rings. The van der Waals surface area contributed by atoms with Crippen molar-refractivity contribution >= 4 is 5.82 Å². The summed E-state index contributed by atoms with van der Waals surface area (Å²) in [6, 6.07) is 11.7. The Bertz CT molecular complexity index is 859. The van der Waals surface area contributed by atoms with E-state index in [1.165, 1.54) is 0 Å².